The van der Waals surface area contributed by atoms with Gasteiger partial charge in [0, 0.05) is 11.9 Å². The summed E-state index contributed by atoms with van der Waals surface area (Å²) in [4.78, 5) is 4.87. The molecule has 0 bridgehead atoms. The van der Waals surface area contributed by atoms with Crippen molar-refractivity contribution in [2.45, 2.75) is 46.1 Å². The van der Waals surface area contributed by atoms with Gasteiger partial charge >= 0.3 is 0 Å². The summed E-state index contributed by atoms with van der Waals surface area (Å²) in [6, 6.07) is 7.86. The van der Waals surface area contributed by atoms with Gasteiger partial charge in [-0.1, -0.05) is 12.1 Å². The molecule has 132 valence electrons. The molecule has 6 heteroatoms. The minimum atomic E-state index is -3.61. The van der Waals surface area contributed by atoms with Gasteiger partial charge in [-0.2, -0.15) is 0 Å². The van der Waals surface area contributed by atoms with Crippen molar-refractivity contribution in [3.63, 3.8) is 0 Å². The van der Waals surface area contributed by atoms with Crippen molar-refractivity contribution in [1.82, 2.24) is 14.1 Å². The molecular weight excluding hydrogens is 334 g/mol. The third kappa shape index (κ3) is 3.19. The number of aromatic nitrogens is 2. The Morgan fingerprint density at radius 2 is 1.68 bits per heavy atom. The van der Waals surface area contributed by atoms with E-state index in [1.165, 1.54) is 0 Å². The molecule has 3 aromatic rings. The van der Waals surface area contributed by atoms with Crippen LogP contribution in [-0.2, 0) is 16.6 Å². The summed E-state index contributed by atoms with van der Waals surface area (Å²) >= 11 is 0. The van der Waals surface area contributed by atoms with Gasteiger partial charge in [0.25, 0.3) is 0 Å². The summed E-state index contributed by atoms with van der Waals surface area (Å²) in [5.74, 6) is 0. The van der Waals surface area contributed by atoms with Gasteiger partial charge in [0.15, 0.2) is 0 Å². The average molecular weight is 357 g/mol. The lowest BCUT2D eigenvalue weighted by Crippen LogP contribution is -2.25. The predicted molar refractivity (Wildman–Crippen MR) is 99.3 cm³/mol. The van der Waals surface area contributed by atoms with E-state index >= 15 is 0 Å². The van der Waals surface area contributed by atoms with Crippen LogP contribution in [0.1, 0.15) is 33.6 Å². The highest BCUT2D eigenvalue weighted by molar-refractivity contribution is 7.89. The van der Waals surface area contributed by atoms with E-state index in [2.05, 4.69) is 9.71 Å². The number of rotatable bonds is 4. The zero-order valence-electron chi connectivity index (χ0n) is 15.2. The first-order valence-electron chi connectivity index (χ1n) is 8.21. The number of imidazole rings is 1. The van der Waals surface area contributed by atoms with Gasteiger partial charge in [0.05, 0.1) is 17.1 Å². The van der Waals surface area contributed by atoms with Crippen molar-refractivity contribution >= 4 is 15.7 Å². The standard InChI is InChI=1S/C19H23N3O2S/c1-12-9-13(2)16(5)19(15(12)4)25(23,24)20-10-17-11-22-14(3)7-6-8-18(22)21-17/h6-9,11,20H,10H2,1-5H3. The first kappa shape index (κ1) is 17.6. The highest BCUT2D eigenvalue weighted by atomic mass is 32.2. The van der Waals surface area contributed by atoms with Crippen LogP contribution in [0, 0.1) is 34.6 Å². The number of aryl methyl sites for hydroxylation is 3. The van der Waals surface area contributed by atoms with Crippen LogP contribution in [0.3, 0.4) is 0 Å². The Balaban J connectivity index is 1.93. The molecule has 0 aliphatic carbocycles. The Labute approximate surface area is 148 Å². The number of benzene rings is 1. The maximum Gasteiger partial charge on any atom is 0.241 e. The Kier molecular flexibility index (Phi) is 4.43. The SMILES string of the molecule is Cc1cc(C)c(C)c(S(=O)(=O)NCc2cn3c(C)cccc3n2)c1C. The van der Waals surface area contributed by atoms with E-state index in [0.29, 0.717) is 10.6 Å². The van der Waals surface area contributed by atoms with E-state index in [4.69, 9.17) is 0 Å². The molecule has 25 heavy (non-hydrogen) atoms. The van der Waals surface area contributed by atoms with Crippen LogP contribution in [0.5, 0.6) is 0 Å². The molecule has 0 spiro atoms. The zero-order valence-corrected chi connectivity index (χ0v) is 16.0. The molecule has 0 unspecified atom stereocenters. The van der Waals surface area contributed by atoms with Crippen LogP contribution in [0.25, 0.3) is 5.65 Å². The van der Waals surface area contributed by atoms with E-state index < -0.39 is 10.0 Å². The van der Waals surface area contributed by atoms with Crippen LogP contribution >= 0.6 is 0 Å². The molecule has 2 heterocycles. The highest BCUT2D eigenvalue weighted by Crippen LogP contribution is 2.26. The molecular formula is C19H23N3O2S. The molecule has 0 aliphatic rings. The van der Waals surface area contributed by atoms with Crippen molar-refractivity contribution in [3.8, 4) is 0 Å². The topological polar surface area (TPSA) is 63.5 Å². The molecule has 0 atom stereocenters. The molecule has 0 aliphatic heterocycles. The van der Waals surface area contributed by atoms with Crippen LogP contribution in [0.4, 0.5) is 0 Å². The number of pyridine rings is 1. The summed E-state index contributed by atoms with van der Waals surface area (Å²) in [6.45, 7) is 9.73. The van der Waals surface area contributed by atoms with Crippen molar-refractivity contribution in [1.29, 1.82) is 0 Å². The van der Waals surface area contributed by atoms with Gasteiger partial charge in [0.1, 0.15) is 5.65 Å². The van der Waals surface area contributed by atoms with Gasteiger partial charge < -0.3 is 4.40 Å². The molecule has 1 aromatic carbocycles. The second kappa shape index (κ2) is 6.28. The molecule has 1 N–H and O–H groups in total. The Hall–Kier alpha value is -2.18. The Morgan fingerprint density at radius 3 is 2.28 bits per heavy atom. The number of sulfonamides is 1. The predicted octanol–water partition coefficient (Wildman–Crippen LogP) is 3.35. The van der Waals surface area contributed by atoms with Crippen LogP contribution in [0.15, 0.2) is 35.4 Å². The molecule has 5 nitrogen and oxygen atoms in total. The van der Waals surface area contributed by atoms with E-state index in [1.54, 1.807) is 0 Å². The lowest BCUT2D eigenvalue weighted by molar-refractivity contribution is 0.579. The third-order valence-corrected chi connectivity index (χ3v) is 6.43. The Morgan fingerprint density at radius 1 is 1.04 bits per heavy atom. The molecule has 2 aromatic heterocycles. The first-order chi connectivity index (χ1) is 11.7. The summed E-state index contributed by atoms with van der Waals surface area (Å²) in [5, 5.41) is 0. The minimum Gasteiger partial charge on any atom is -0.304 e. The summed E-state index contributed by atoms with van der Waals surface area (Å²) in [5.41, 5.74) is 6.10. The number of hydrogen-bond acceptors (Lipinski definition) is 3. The Bertz CT molecular complexity index is 1040. The molecule has 0 saturated heterocycles. The summed E-state index contributed by atoms with van der Waals surface area (Å²) in [6.07, 6.45) is 1.87. The molecule has 0 amide bonds. The average Bonchev–Trinajstić information content (AvgIpc) is 2.96. The second-order valence-electron chi connectivity index (χ2n) is 6.54. The van der Waals surface area contributed by atoms with Crippen molar-refractivity contribution in [2.75, 3.05) is 0 Å². The third-order valence-electron chi connectivity index (χ3n) is 4.76. The fourth-order valence-corrected chi connectivity index (χ4v) is 4.72. The molecule has 0 fully saturated rings. The summed E-state index contributed by atoms with van der Waals surface area (Å²) < 4.78 is 30.4. The molecule has 0 saturated carbocycles. The lowest BCUT2D eigenvalue weighted by atomic mass is 10.0. The van der Waals surface area contributed by atoms with Crippen LogP contribution in [-0.4, -0.2) is 17.8 Å². The number of nitrogens with zero attached hydrogens (tertiary/aromatic N) is 2. The maximum absolute atomic E-state index is 12.9. The van der Waals surface area contributed by atoms with Crippen LogP contribution < -0.4 is 4.72 Å². The summed E-state index contributed by atoms with van der Waals surface area (Å²) in [7, 11) is -3.61. The number of hydrogen-bond donors (Lipinski definition) is 1. The van der Waals surface area contributed by atoms with Crippen molar-refractivity contribution in [2.24, 2.45) is 0 Å². The first-order valence-corrected chi connectivity index (χ1v) is 9.69. The molecule has 3 rings (SSSR count). The van der Waals surface area contributed by atoms with Crippen molar-refractivity contribution < 1.29 is 8.42 Å². The van der Waals surface area contributed by atoms with E-state index in [-0.39, 0.29) is 6.54 Å². The van der Waals surface area contributed by atoms with Gasteiger partial charge in [0.2, 0.25) is 10.0 Å². The molecule has 0 radical (unpaired) electrons. The quantitative estimate of drug-likeness (QED) is 0.779. The van der Waals surface area contributed by atoms with Gasteiger partial charge in [-0.05, 0) is 69.0 Å². The smallest absolute Gasteiger partial charge is 0.241 e. The lowest BCUT2D eigenvalue weighted by Gasteiger charge is -2.15. The monoisotopic (exact) mass is 357 g/mol. The normalized spacial score (nSPS) is 12.0. The highest BCUT2D eigenvalue weighted by Gasteiger charge is 2.22. The minimum absolute atomic E-state index is 0.162. The fourth-order valence-electron chi connectivity index (χ4n) is 3.11. The van der Waals surface area contributed by atoms with Crippen LogP contribution in [0.2, 0.25) is 0 Å². The van der Waals surface area contributed by atoms with E-state index in [9.17, 15) is 8.42 Å². The van der Waals surface area contributed by atoms with Gasteiger partial charge in [-0.3, -0.25) is 0 Å². The van der Waals surface area contributed by atoms with Crippen molar-refractivity contribution in [3.05, 3.63) is 64.1 Å². The maximum atomic E-state index is 12.9. The fraction of sp³-hybridized carbons (Fsp3) is 0.316. The zero-order chi connectivity index (χ0) is 18.4. The van der Waals surface area contributed by atoms with Gasteiger partial charge in [-0.25, -0.2) is 18.1 Å². The largest absolute Gasteiger partial charge is 0.304 e. The van der Waals surface area contributed by atoms with Gasteiger partial charge in [-0.15, -0.1) is 0 Å². The van der Waals surface area contributed by atoms with E-state index in [1.807, 2.05) is 69.5 Å². The van der Waals surface area contributed by atoms with E-state index in [0.717, 1.165) is 33.6 Å². The number of nitrogens with one attached hydrogen (secondary N) is 1. The number of fused-ring (bicyclic) bond motifs is 1. The second-order valence-corrected chi connectivity index (χ2v) is 8.25.